The van der Waals surface area contributed by atoms with Crippen LogP contribution in [0.25, 0.3) is 10.2 Å². The van der Waals surface area contributed by atoms with Gasteiger partial charge >= 0.3 is 0 Å². The minimum Gasteiger partial charge on any atom is -0.325 e. The molecule has 1 aliphatic heterocycles. The smallest absolute Gasteiger partial charge is 0.238 e. The number of nitrogens with one attached hydrogen (secondary N) is 1. The first kappa shape index (κ1) is 21.8. The Labute approximate surface area is 209 Å². The van der Waals surface area contributed by atoms with Crippen LogP contribution >= 0.6 is 34.7 Å². The fourth-order valence-electron chi connectivity index (χ4n) is 5.24. The molecule has 1 aromatic heterocycles. The highest BCUT2D eigenvalue weighted by Gasteiger charge is 2.59. The van der Waals surface area contributed by atoms with Crippen LogP contribution in [0.2, 0.25) is 5.02 Å². The molecule has 1 saturated heterocycles. The van der Waals surface area contributed by atoms with Crippen LogP contribution in [0.15, 0.2) is 52.9 Å². The molecule has 172 valence electrons. The van der Waals surface area contributed by atoms with E-state index >= 15 is 0 Å². The highest BCUT2D eigenvalue weighted by atomic mass is 35.5. The molecule has 4 atom stereocenters. The molecule has 0 radical (unpaired) electrons. The molecule has 1 N–H and O–H groups in total. The molecular weight excluding hydrogens is 490 g/mol. The summed E-state index contributed by atoms with van der Waals surface area (Å²) in [6.07, 6.45) is 5.11. The van der Waals surface area contributed by atoms with Crippen molar-refractivity contribution < 1.29 is 14.4 Å². The SMILES string of the molecule is Cc1ccc(NC(=O)CSc2nc3ccc(N4C(=O)[C@@H]5[C@H](C4=O)[C@H]4C=C[C@H]5C4)cc3s2)cc1Cl. The van der Waals surface area contributed by atoms with Crippen LogP contribution < -0.4 is 10.2 Å². The van der Waals surface area contributed by atoms with Gasteiger partial charge in [-0.15, -0.1) is 11.3 Å². The standard InChI is InChI=1S/C25H20ClN3O3S2/c1-12-2-5-15(9-17(12)26)27-20(30)11-33-25-28-18-7-6-16(10-19(18)34-25)29-23(31)21-13-3-4-14(8-13)22(21)24(29)32/h2-7,9-10,13-14,21-22H,8,11H2,1H3,(H,27,30)/t13-,14-,21-,22+/m0/s1. The number of aromatic nitrogens is 1. The number of hydrogen-bond acceptors (Lipinski definition) is 6. The van der Waals surface area contributed by atoms with E-state index in [0.717, 1.165) is 26.5 Å². The Morgan fingerprint density at radius 1 is 1.15 bits per heavy atom. The van der Waals surface area contributed by atoms with Gasteiger partial charge in [0.1, 0.15) is 0 Å². The van der Waals surface area contributed by atoms with Gasteiger partial charge in [-0.05, 0) is 61.1 Å². The summed E-state index contributed by atoms with van der Waals surface area (Å²) in [5.74, 6) is -0.160. The summed E-state index contributed by atoms with van der Waals surface area (Å²) < 4.78 is 1.63. The van der Waals surface area contributed by atoms with Crippen molar-refractivity contribution in [2.75, 3.05) is 16.0 Å². The lowest BCUT2D eigenvalue weighted by Gasteiger charge is -2.17. The molecule has 34 heavy (non-hydrogen) atoms. The third kappa shape index (κ3) is 3.56. The zero-order valence-corrected chi connectivity index (χ0v) is 20.5. The fraction of sp³-hybridized carbons (Fsp3) is 0.280. The van der Waals surface area contributed by atoms with E-state index in [1.807, 2.05) is 31.2 Å². The van der Waals surface area contributed by atoms with E-state index in [1.165, 1.54) is 28.0 Å². The molecule has 1 saturated carbocycles. The van der Waals surface area contributed by atoms with Crippen LogP contribution in [0.4, 0.5) is 11.4 Å². The second-order valence-corrected chi connectivity index (χ2v) is 11.6. The van der Waals surface area contributed by atoms with Crippen molar-refractivity contribution in [3.05, 3.63) is 59.1 Å². The normalized spacial score (nSPS) is 24.9. The lowest BCUT2D eigenvalue weighted by atomic mass is 9.85. The number of imide groups is 1. The maximum absolute atomic E-state index is 13.1. The number of thiazole rings is 1. The van der Waals surface area contributed by atoms with Crippen LogP contribution in [0.3, 0.4) is 0 Å². The number of fused-ring (bicyclic) bond motifs is 6. The van der Waals surface area contributed by atoms with E-state index in [-0.39, 0.29) is 47.1 Å². The van der Waals surface area contributed by atoms with Crippen LogP contribution in [-0.2, 0) is 14.4 Å². The predicted molar refractivity (Wildman–Crippen MR) is 135 cm³/mol. The van der Waals surface area contributed by atoms with E-state index in [2.05, 4.69) is 22.5 Å². The highest BCUT2D eigenvalue weighted by Crippen LogP contribution is 2.53. The molecule has 3 amide bonds. The summed E-state index contributed by atoms with van der Waals surface area (Å²) in [6.45, 7) is 1.91. The van der Waals surface area contributed by atoms with Crippen LogP contribution in [0.1, 0.15) is 12.0 Å². The number of aryl methyl sites for hydroxylation is 1. The number of rotatable bonds is 5. The van der Waals surface area contributed by atoms with Crippen molar-refractivity contribution in [3.63, 3.8) is 0 Å². The van der Waals surface area contributed by atoms with Gasteiger partial charge < -0.3 is 5.32 Å². The second-order valence-electron chi connectivity index (χ2n) is 8.94. The zero-order chi connectivity index (χ0) is 23.6. The quantitative estimate of drug-likeness (QED) is 0.287. The molecule has 2 bridgehead atoms. The maximum atomic E-state index is 13.1. The Morgan fingerprint density at radius 3 is 2.59 bits per heavy atom. The fourth-order valence-corrected chi connectivity index (χ4v) is 7.33. The van der Waals surface area contributed by atoms with E-state index in [0.29, 0.717) is 16.4 Å². The van der Waals surface area contributed by atoms with Gasteiger partial charge in [0.05, 0.1) is 33.5 Å². The lowest BCUT2D eigenvalue weighted by molar-refractivity contribution is -0.123. The number of thioether (sulfide) groups is 1. The molecule has 3 aliphatic rings. The topological polar surface area (TPSA) is 79.4 Å². The molecule has 0 unspecified atom stereocenters. The van der Waals surface area contributed by atoms with E-state index < -0.39 is 0 Å². The average Bonchev–Trinajstić information content (AvgIpc) is 3.57. The molecule has 6 rings (SSSR count). The number of anilines is 2. The Morgan fingerprint density at radius 2 is 1.88 bits per heavy atom. The maximum Gasteiger partial charge on any atom is 0.238 e. The van der Waals surface area contributed by atoms with Gasteiger partial charge in [-0.2, -0.15) is 0 Å². The molecule has 2 aromatic carbocycles. The van der Waals surface area contributed by atoms with Crippen molar-refractivity contribution in [1.29, 1.82) is 0 Å². The monoisotopic (exact) mass is 509 g/mol. The van der Waals surface area contributed by atoms with Gasteiger partial charge in [0, 0.05) is 10.7 Å². The van der Waals surface area contributed by atoms with Crippen molar-refractivity contribution in [3.8, 4) is 0 Å². The highest BCUT2D eigenvalue weighted by molar-refractivity contribution is 8.01. The molecular formula is C25H20ClN3O3S2. The lowest BCUT2D eigenvalue weighted by Crippen LogP contribution is -2.32. The van der Waals surface area contributed by atoms with Crippen molar-refractivity contribution in [2.45, 2.75) is 17.7 Å². The number of carbonyl (C=O) groups excluding carboxylic acids is 3. The van der Waals surface area contributed by atoms with Gasteiger partial charge in [0.15, 0.2) is 4.34 Å². The first-order chi connectivity index (χ1) is 16.4. The second kappa shape index (κ2) is 8.22. The minimum absolute atomic E-state index is 0.0850. The summed E-state index contributed by atoms with van der Waals surface area (Å²) in [6, 6.07) is 10.9. The number of benzene rings is 2. The van der Waals surface area contributed by atoms with Gasteiger partial charge in [-0.25, -0.2) is 9.88 Å². The first-order valence-electron chi connectivity index (χ1n) is 11.0. The minimum atomic E-state index is -0.215. The van der Waals surface area contributed by atoms with E-state index in [1.54, 1.807) is 12.1 Å². The third-order valence-corrected chi connectivity index (χ3v) is 9.43. The van der Waals surface area contributed by atoms with Crippen molar-refractivity contribution >= 4 is 74.0 Å². The Hall–Kier alpha value is -2.68. The summed E-state index contributed by atoms with van der Waals surface area (Å²) in [4.78, 5) is 44.5. The Balaban J connectivity index is 1.15. The Bertz CT molecular complexity index is 1370. The summed E-state index contributed by atoms with van der Waals surface area (Å²) in [5, 5.41) is 3.45. The molecule has 0 spiro atoms. The zero-order valence-electron chi connectivity index (χ0n) is 18.2. The molecule has 9 heteroatoms. The number of allylic oxidation sites excluding steroid dienone is 2. The number of hydrogen-bond donors (Lipinski definition) is 1. The first-order valence-corrected chi connectivity index (χ1v) is 13.2. The number of amides is 3. The van der Waals surface area contributed by atoms with Gasteiger partial charge in [-0.3, -0.25) is 14.4 Å². The summed E-state index contributed by atoms with van der Waals surface area (Å²) in [5.41, 5.74) is 2.99. The van der Waals surface area contributed by atoms with Crippen LogP contribution in [-0.4, -0.2) is 28.5 Å². The van der Waals surface area contributed by atoms with Gasteiger partial charge in [-0.1, -0.05) is 41.6 Å². The van der Waals surface area contributed by atoms with Crippen molar-refractivity contribution in [1.82, 2.24) is 4.98 Å². The number of nitrogens with zero attached hydrogens (tertiary/aromatic N) is 2. The van der Waals surface area contributed by atoms with Gasteiger partial charge in [0.25, 0.3) is 0 Å². The van der Waals surface area contributed by atoms with Crippen LogP contribution in [0.5, 0.6) is 0 Å². The third-order valence-electron chi connectivity index (χ3n) is 6.86. The van der Waals surface area contributed by atoms with E-state index in [4.69, 9.17) is 11.6 Å². The molecule has 3 aromatic rings. The molecule has 2 fully saturated rings. The van der Waals surface area contributed by atoms with Gasteiger partial charge in [0.2, 0.25) is 17.7 Å². The molecule has 2 aliphatic carbocycles. The Kier molecular flexibility index (Phi) is 5.28. The number of carbonyl (C=O) groups is 3. The summed E-state index contributed by atoms with van der Waals surface area (Å²) >= 11 is 8.92. The predicted octanol–water partition coefficient (Wildman–Crippen LogP) is 5.30. The molecule has 6 nitrogen and oxygen atoms in total. The summed E-state index contributed by atoms with van der Waals surface area (Å²) in [7, 11) is 0. The van der Waals surface area contributed by atoms with Crippen molar-refractivity contribution in [2.24, 2.45) is 23.7 Å². The average molecular weight is 510 g/mol. The van der Waals surface area contributed by atoms with E-state index in [9.17, 15) is 14.4 Å². The largest absolute Gasteiger partial charge is 0.325 e. The van der Waals surface area contributed by atoms with Crippen LogP contribution in [0, 0.1) is 30.6 Å². The molecule has 2 heterocycles. The number of halogens is 1.